The molecule has 0 radical (unpaired) electrons. The predicted octanol–water partition coefficient (Wildman–Crippen LogP) is 3.22. The smallest absolute Gasteiger partial charge is 0.174 e. The van der Waals surface area contributed by atoms with E-state index in [0.717, 1.165) is 16.8 Å². The van der Waals surface area contributed by atoms with Gasteiger partial charge in [0.25, 0.3) is 0 Å². The second-order valence-corrected chi connectivity index (χ2v) is 4.46. The number of ether oxygens (including phenoxy) is 1. The Morgan fingerprint density at radius 2 is 2.10 bits per heavy atom. The van der Waals surface area contributed by atoms with Crippen LogP contribution in [0.5, 0.6) is 11.5 Å². The van der Waals surface area contributed by atoms with Crippen molar-refractivity contribution in [3.63, 3.8) is 0 Å². The number of hydrogen-bond donors (Lipinski definition) is 2. The maximum absolute atomic E-state index is 9.78. The van der Waals surface area contributed by atoms with E-state index < -0.39 is 0 Å². The fourth-order valence-corrected chi connectivity index (χ4v) is 1.86. The first-order valence-electron chi connectivity index (χ1n) is 6.31. The average molecular weight is 268 g/mol. The topological polar surface area (TPSA) is 65.3 Å². The highest BCUT2D eigenvalue weighted by Crippen LogP contribution is 2.21. The van der Waals surface area contributed by atoms with Gasteiger partial charge in [0.05, 0.1) is 0 Å². The highest BCUT2D eigenvalue weighted by atomic mass is 16.5. The molecule has 2 rings (SSSR count). The van der Waals surface area contributed by atoms with Crippen LogP contribution in [-0.4, -0.2) is 11.7 Å². The minimum atomic E-state index is 0.0299. The van der Waals surface area contributed by atoms with Crippen LogP contribution in [0.25, 0.3) is 0 Å². The SMILES string of the molecule is Cc1ccc(O)c(CNc2cccc(OCC#N)c2)c1. The number of aryl methyl sites for hydroxylation is 1. The third-order valence-corrected chi connectivity index (χ3v) is 2.86. The summed E-state index contributed by atoms with van der Waals surface area (Å²) < 4.78 is 5.24. The third-order valence-electron chi connectivity index (χ3n) is 2.86. The molecule has 2 aromatic rings. The number of aromatic hydroxyl groups is 1. The second-order valence-electron chi connectivity index (χ2n) is 4.46. The quantitative estimate of drug-likeness (QED) is 0.873. The number of nitriles is 1. The Morgan fingerprint density at radius 3 is 2.90 bits per heavy atom. The van der Waals surface area contributed by atoms with Gasteiger partial charge in [0.15, 0.2) is 6.61 Å². The van der Waals surface area contributed by atoms with E-state index in [1.54, 1.807) is 12.1 Å². The number of rotatable bonds is 5. The van der Waals surface area contributed by atoms with Gasteiger partial charge in [0, 0.05) is 23.9 Å². The Bertz CT molecular complexity index is 633. The molecule has 0 saturated heterocycles. The van der Waals surface area contributed by atoms with Gasteiger partial charge in [-0.25, -0.2) is 0 Å². The largest absolute Gasteiger partial charge is 0.508 e. The molecule has 0 spiro atoms. The van der Waals surface area contributed by atoms with E-state index >= 15 is 0 Å². The number of benzene rings is 2. The van der Waals surface area contributed by atoms with Crippen LogP contribution in [0.2, 0.25) is 0 Å². The zero-order chi connectivity index (χ0) is 14.4. The van der Waals surface area contributed by atoms with Crippen LogP contribution in [0.15, 0.2) is 42.5 Å². The van der Waals surface area contributed by atoms with Crippen LogP contribution in [0, 0.1) is 18.3 Å². The van der Waals surface area contributed by atoms with E-state index in [9.17, 15) is 5.11 Å². The molecule has 0 aliphatic rings. The number of nitrogens with one attached hydrogen (secondary N) is 1. The Morgan fingerprint density at radius 1 is 1.25 bits per heavy atom. The summed E-state index contributed by atoms with van der Waals surface area (Å²) in [6.45, 7) is 2.54. The maximum atomic E-state index is 9.78. The van der Waals surface area contributed by atoms with Gasteiger partial charge in [-0.2, -0.15) is 5.26 Å². The van der Waals surface area contributed by atoms with Crippen LogP contribution in [-0.2, 0) is 6.54 Å². The molecule has 0 amide bonds. The summed E-state index contributed by atoms with van der Waals surface area (Å²) >= 11 is 0. The Balaban J connectivity index is 2.03. The van der Waals surface area contributed by atoms with Crippen molar-refractivity contribution in [2.24, 2.45) is 0 Å². The Hall–Kier alpha value is -2.67. The maximum Gasteiger partial charge on any atom is 0.174 e. The summed E-state index contributed by atoms with van der Waals surface area (Å²) in [5.41, 5.74) is 2.82. The average Bonchev–Trinajstić information content (AvgIpc) is 2.46. The minimum Gasteiger partial charge on any atom is -0.508 e. The predicted molar refractivity (Wildman–Crippen MR) is 77.7 cm³/mol. The summed E-state index contributed by atoms with van der Waals surface area (Å²) in [6, 6.07) is 14.8. The molecular formula is C16H16N2O2. The first-order chi connectivity index (χ1) is 9.69. The van der Waals surface area contributed by atoms with Crippen molar-refractivity contribution in [3.05, 3.63) is 53.6 Å². The molecule has 2 N–H and O–H groups in total. The highest BCUT2D eigenvalue weighted by molar-refractivity contribution is 5.49. The summed E-state index contributed by atoms with van der Waals surface area (Å²) in [5.74, 6) is 0.921. The molecule has 0 aliphatic carbocycles. The molecule has 4 nitrogen and oxygen atoms in total. The van der Waals surface area contributed by atoms with Gasteiger partial charge in [-0.1, -0.05) is 23.8 Å². The van der Waals surface area contributed by atoms with E-state index in [1.807, 2.05) is 43.3 Å². The van der Waals surface area contributed by atoms with Crippen LogP contribution >= 0.6 is 0 Å². The van der Waals surface area contributed by atoms with E-state index in [-0.39, 0.29) is 12.4 Å². The van der Waals surface area contributed by atoms with Crippen molar-refractivity contribution in [2.75, 3.05) is 11.9 Å². The second kappa shape index (κ2) is 6.48. The van der Waals surface area contributed by atoms with Crippen molar-refractivity contribution in [3.8, 4) is 17.6 Å². The normalized spacial score (nSPS) is 9.80. The monoisotopic (exact) mass is 268 g/mol. The van der Waals surface area contributed by atoms with Crippen molar-refractivity contribution in [1.82, 2.24) is 0 Å². The van der Waals surface area contributed by atoms with E-state index in [0.29, 0.717) is 12.3 Å². The van der Waals surface area contributed by atoms with Crippen molar-refractivity contribution in [1.29, 1.82) is 5.26 Å². The van der Waals surface area contributed by atoms with E-state index in [4.69, 9.17) is 10.00 Å². The summed E-state index contributed by atoms with van der Waals surface area (Å²) in [6.07, 6.45) is 0. The number of anilines is 1. The van der Waals surface area contributed by atoms with Crippen LogP contribution in [0.4, 0.5) is 5.69 Å². The Kier molecular flexibility index (Phi) is 4.46. The molecule has 2 aromatic carbocycles. The molecule has 102 valence electrons. The lowest BCUT2D eigenvalue weighted by atomic mass is 10.1. The van der Waals surface area contributed by atoms with Crippen LogP contribution < -0.4 is 10.1 Å². The van der Waals surface area contributed by atoms with Gasteiger partial charge >= 0.3 is 0 Å². The third kappa shape index (κ3) is 3.66. The summed E-state index contributed by atoms with van der Waals surface area (Å²) in [7, 11) is 0. The lowest BCUT2D eigenvalue weighted by molar-refractivity contribution is 0.368. The molecule has 4 heteroatoms. The fraction of sp³-hybridized carbons (Fsp3) is 0.188. The molecule has 0 heterocycles. The van der Waals surface area contributed by atoms with Gasteiger partial charge in [-0.3, -0.25) is 0 Å². The summed E-state index contributed by atoms with van der Waals surface area (Å²) in [5, 5.41) is 21.5. The molecule has 0 aliphatic heterocycles. The molecular weight excluding hydrogens is 252 g/mol. The Labute approximate surface area is 118 Å². The minimum absolute atomic E-state index is 0.0299. The van der Waals surface area contributed by atoms with Crippen molar-refractivity contribution in [2.45, 2.75) is 13.5 Å². The standard InChI is InChI=1S/C16H16N2O2/c1-12-5-6-16(19)13(9-12)11-18-14-3-2-4-15(10-14)20-8-7-17/h2-6,9-10,18-19H,8,11H2,1H3. The van der Waals surface area contributed by atoms with Gasteiger partial charge in [-0.15, -0.1) is 0 Å². The van der Waals surface area contributed by atoms with Gasteiger partial charge in [0.2, 0.25) is 0 Å². The summed E-state index contributed by atoms with van der Waals surface area (Å²) in [4.78, 5) is 0. The fourth-order valence-electron chi connectivity index (χ4n) is 1.86. The number of hydrogen-bond acceptors (Lipinski definition) is 4. The number of nitrogens with zero attached hydrogens (tertiary/aromatic N) is 1. The zero-order valence-electron chi connectivity index (χ0n) is 11.3. The lowest BCUT2D eigenvalue weighted by Gasteiger charge is -2.10. The molecule has 0 aromatic heterocycles. The highest BCUT2D eigenvalue weighted by Gasteiger charge is 2.02. The van der Waals surface area contributed by atoms with Crippen LogP contribution in [0.3, 0.4) is 0 Å². The number of phenols is 1. The van der Waals surface area contributed by atoms with Crippen molar-refractivity contribution >= 4 is 5.69 Å². The molecule has 0 atom stereocenters. The lowest BCUT2D eigenvalue weighted by Crippen LogP contribution is -2.01. The molecule has 0 saturated carbocycles. The van der Waals surface area contributed by atoms with E-state index in [2.05, 4.69) is 5.32 Å². The van der Waals surface area contributed by atoms with Gasteiger partial charge in [0.1, 0.15) is 17.6 Å². The molecule has 0 unspecified atom stereocenters. The van der Waals surface area contributed by atoms with E-state index in [1.165, 1.54) is 0 Å². The van der Waals surface area contributed by atoms with Gasteiger partial charge in [-0.05, 0) is 25.1 Å². The van der Waals surface area contributed by atoms with Gasteiger partial charge < -0.3 is 15.2 Å². The first-order valence-corrected chi connectivity index (χ1v) is 6.31. The zero-order valence-corrected chi connectivity index (χ0v) is 11.3. The van der Waals surface area contributed by atoms with Crippen LogP contribution in [0.1, 0.15) is 11.1 Å². The number of phenolic OH excluding ortho intramolecular Hbond substituents is 1. The molecule has 0 fully saturated rings. The van der Waals surface area contributed by atoms with Crippen molar-refractivity contribution < 1.29 is 9.84 Å². The molecule has 20 heavy (non-hydrogen) atoms. The first kappa shape index (κ1) is 13.8. The molecule has 0 bridgehead atoms.